The Morgan fingerprint density at radius 3 is 0.867 bits per heavy atom. The summed E-state index contributed by atoms with van der Waals surface area (Å²) in [6, 6.07) is 0. The molecule has 0 fully saturated rings. The van der Waals surface area contributed by atoms with Crippen molar-refractivity contribution in [1.29, 1.82) is 0 Å². The van der Waals surface area contributed by atoms with Crippen LogP contribution in [0.1, 0.15) is 192 Å². The first-order valence-corrected chi connectivity index (χ1v) is 20.4. The molecule has 4 heteroatoms. The molecular formula is C41H94N4. The molecule has 0 unspecified atom stereocenters. The molecule has 45 heavy (non-hydrogen) atoms. The molecule has 0 aliphatic heterocycles. The van der Waals surface area contributed by atoms with Crippen LogP contribution in [-0.4, -0.2) is 52.4 Å². The van der Waals surface area contributed by atoms with Gasteiger partial charge in [0.15, 0.2) is 0 Å². The van der Waals surface area contributed by atoms with Gasteiger partial charge in [-0.2, -0.15) is 0 Å². The van der Waals surface area contributed by atoms with Crippen LogP contribution in [-0.2, 0) is 0 Å². The predicted octanol–water partition coefficient (Wildman–Crippen LogP) is 11.6. The molecule has 0 atom stereocenters. The fourth-order valence-electron chi connectivity index (χ4n) is 4.50. The van der Waals surface area contributed by atoms with Crippen molar-refractivity contribution in [2.24, 2.45) is 23.7 Å². The summed E-state index contributed by atoms with van der Waals surface area (Å²) in [7, 11) is 0. The number of hydrogen-bond acceptors (Lipinski definition) is 4. The Balaban J connectivity index is -0.000000254. The lowest BCUT2D eigenvalue weighted by Gasteiger charge is -2.07. The van der Waals surface area contributed by atoms with Gasteiger partial charge in [0.1, 0.15) is 0 Å². The van der Waals surface area contributed by atoms with Crippen molar-refractivity contribution in [3.05, 3.63) is 0 Å². The smallest absolute Gasteiger partial charge is 0.00368 e. The normalized spacial score (nSPS) is 10.9. The summed E-state index contributed by atoms with van der Waals surface area (Å²) in [5, 5.41) is 13.8. The van der Waals surface area contributed by atoms with E-state index in [9.17, 15) is 0 Å². The average Bonchev–Trinajstić information content (AvgIpc) is 2.98. The van der Waals surface area contributed by atoms with Gasteiger partial charge in [-0.3, -0.25) is 0 Å². The van der Waals surface area contributed by atoms with E-state index in [4.69, 9.17) is 0 Å². The van der Waals surface area contributed by atoms with E-state index in [1.807, 2.05) is 0 Å². The molecule has 0 aliphatic carbocycles. The lowest BCUT2D eigenvalue weighted by atomic mass is 10.1. The van der Waals surface area contributed by atoms with Gasteiger partial charge in [0, 0.05) is 0 Å². The number of hydrogen-bond donors (Lipinski definition) is 4. The third-order valence-corrected chi connectivity index (χ3v) is 7.59. The van der Waals surface area contributed by atoms with Crippen molar-refractivity contribution >= 4 is 0 Å². The highest BCUT2D eigenvalue weighted by Crippen LogP contribution is 2.08. The van der Waals surface area contributed by atoms with E-state index in [1.54, 1.807) is 0 Å². The quantitative estimate of drug-likeness (QED) is 0.0613. The Morgan fingerprint density at radius 2 is 0.556 bits per heavy atom. The largest absolute Gasteiger partial charge is 0.317 e. The van der Waals surface area contributed by atoms with Crippen molar-refractivity contribution in [3.8, 4) is 0 Å². The highest BCUT2D eigenvalue weighted by Gasteiger charge is 1.95. The first-order valence-electron chi connectivity index (χ1n) is 20.4. The molecule has 0 saturated carbocycles. The molecule has 0 rings (SSSR count). The molecule has 0 amide bonds. The van der Waals surface area contributed by atoms with Crippen LogP contribution < -0.4 is 21.3 Å². The maximum Gasteiger partial charge on any atom is -0.00368 e. The average molecular weight is 643 g/mol. The summed E-state index contributed by atoms with van der Waals surface area (Å²) < 4.78 is 0. The third-order valence-electron chi connectivity index (χ3n) is 7.59. The van der Waals surface area contributed by atoms with E-state index in [2.05, 4.69) is 104 Å². The summed E-state index contributed by atoms with van der Waals surface area (Å²) in [6.45, 7) is 36.7. The molecule has 0 saturated heterocycles. The van der Waals surface area contributed by atoms with E-state index in [-0.39, 0.29) is 0 Å². The zero-order valence-corrected chi connectivity index (χ0v) is 34.0. The monoisotopic (exact) mass is 643 g/mol. The van der Waals surface area contributed by atoms with Crippen molar-refractivity contribution in [1.82, 2.24) is 21.3 Å². The zero-order chi connectivity index (χ0) is 34.8. The van der Waals surface area contributed by atoms with Gasteiger partial charge >= 0.3 is 0 Å². The second kappa shape index (κ2) is 48.2. The number of unbranched alkanes of at least 4 members (excludes halogenated alkanes) is 5. The molecule has 0 aromatic heterocycles. The van der Waals surface area contributed by atoms with Crippen molar-refractivity contribution < 1.29 is 0 Å². The summed E-state index contributed by atoms with van der Waals surface area (Å²) in [5.41, 5.74) is 0. The first-order chi connectivity index (χ1) is 21.6. The van der Waals surface area contributed by atoms with Crippen LogP contribution in [0.15, 0.2) is 0 Å². The van der Waals surface area contributed by atoms with Crippen LogP contribution >= 0.6 is 0 Å². The van der Waals surface area contributed by atoms with Crippen LogP contribution in [0.25, 0.3) is 0 Å². The zero-order valence-electron chi connectivity index (χ0n) is 34.0. The van der Waals surface area contributed by atoms with Crippen molar-refractivity contribution in [2.45, 2.75) is 192 Å². The minimum Gasteiger partial charge on any atom is -0.317 e. The molecular weight excluding hydrogens is 548 g/mol. The highest BCUT2D eigenvalue weighted by molar-refractivity contribution is 4.54. The molecule has 0 radical (unpaired) electrons. The Labute approximate surface area is 289 Å². The van der Waals surface area contributed by atoms with Gasteiger partial charge in [0.05, 0.1) is 0 Å². The standard InChI is InChI=1S/C13H30N2.C10H23N.C9H21N.C9H20/c1-4-5-9-14-11-7-12-15-10-6-8-13(2)3;1-4-5-8-11-9-6-7-10(2)3;1-4-7-10-8-5-6-9(2)3;1-4-5-6-7-8-9(2)3/h13-15H,4-12H2,1-3H3;10-11H,4-9H2,1-3H3;9-10H,4-8H2,1-3H3;9H,4-8H2,1-3H3. The predicted molar refractivity (Wildman–Crippen MR) is 212 cm³/mol. The molecule has 278 valence electrons. The van der Waals surface area contributed by atoms with Gasteiger partial charge in [-0.25, -0.2) is 0 Å². The van der Waals surface area contributed by atoms with E-state index >= 15 is 0 Å². The van der Waals surface area contributed by atoms with Crippen LogP contribution in [0.2, 0.25) is 0 Å². The molecule has 0 bridgehead atoms. The van der Waals surface area contributed by atoms with Gasteiger partial charge in [-0.05, 0) is 140 Å². The lowest BCUT2D eigenvalue weighted by molar-refractivity contribution is 0.517. The fraction of sp³-hybridized carbons (Fsp3) is 1.00. The van der Waals surface area contributed by atoms with Gasteiger partial charge in [0.2, 0.25) is 0 Å². The van der Waals surface area contributed by atoms with Crippen LogP contribution in [0.5, 0.6) is 0 Å². The van der Waals surface area contributed by atoms with Crippen LogP contribution in [0.3, 0.4) is 0 Å². The SMILES string of the molecule is CCCCCCC(C)C.CCCCNCCCC(C)C.CCCCNCCCNCCCC(C)C.CCCNCCCC(C)C. The van der Waals surface area contributed by atoms with Gasteiger partial charge < -0.3 is 21.3 Å². The molecule has 0 aromatic rings. The maximum atomic E-state index is 3.49. The second-order valence-corrected chi connectivity index (χ2v) is 14.9. The summed E-state index contributed by atoms with van der Waals surface area (Å²) in [4.78, 5) is 0. The molecule has 0 aliphatic rings. The maximum absolute atomic E-state index is 3.49. The Kier molecular flexibility index (Phi) is 55.4. The summed E-state index contributed by atoms with van der Waals surface area (Å²) in [6.07, 6.45) is 22.9. The first kappa shape index (κ1) is 51.7. The Bertz CT molecular complexity index is 451. The van der Waals surface area contributed by atoms with E-state index in [0.29, 0.717) is 0 Å². The lowest BCUT2D eigenvalue weighted by Crippen LogP contribution is -2.23. The van der Waals surface area contributed by atoms with E-state index < -0.39 is 0 Å². The third kappa shape index (κ3) is 71.2. The van der Waals surface area contributed by atoms with Gasteiger partial charge in [-0.1, -0.05) is 128 Å². The van der Waals surface area contributed by atoms with E-state index in [1.165, 1.54) is 148 Å². The summed E-state index contributed by atoms with van der Waals surface area (Å²) in [5.74, 6) is 3.48. The second-order valence-electron chi connectivity index (χ2n) is 14.9. The Hall–Kier alpha value is -0.160. The Morgan fingerprint density at radius 1 is 0.267 bits per heavy atom. The molecule has 0 spiro atoms. The van der Waals surface area contributed by atoms with Crippen molar-refractivity contribution in [2.75, 3.05) is 52.4 Å². The fourth-order valence-corrected chi connectivity index (χ4v) is 4.50. The molecule has 0 aromatic carbocycles. The number of rotatable bonds is 29. The van der Waals surface area contributed by atoms with Crippen molar-refractivity contribution in [3.63, 3.8) is 0 Å². The highest BCUT2D eigenvalue weighted by atomic mass is 14.9. The molecule has 4 N–H and O–H groups in total. The molecule has 4 nitrogen and oxygen atoms in total. The van der Waals surface area contributed by atoms with Crippen LogP contribution in [0, 0.1) is 23.7 Å². The number of nitrogens with one attached hydrogen (secondary N) is 4. The van der Waals surface area contributed by atoms with Crippen LogP contribution in [0.4, 0.5) is 0 Å². The minimum absolute atomic E-state index is 0.850. The van der Waals surface area contributed by atoms with E-state index in [0.717, 1.165) is 36.8 Å². The summed E-state index contributed by atoms with van der Waals surface area (Å²) >= 11 is 0. The van der Waals surface area contributed by atoms with Gasteiger partial charge in [-0.15, -0.1) is 0 Å². The van der Waals surface area contributed by atoms with Gasteiger partial charge in [0.25, 0.3) is 0 Å². The minimum atomic E-state index is 0.850. The molecule has 0 heterocycles. The topological polar surface area (TPSA) is 48.1 Å².